The number of furan rings is 1. The Hall–Kier alpha value is -6.91. The van der Waals surface area contributed by atoms with Gasteiger partial charge >= 0.3 is 0 Å². The first kappa shape index (κ1) is 30.7. The number of nitrogens with zero attached hydrogens (tertiary/aromatic N) is 2. The highest BCUT2D eigenvalue weighted by Crippen LogP contribution is 2.51. The van der Waals surface area contributed by atoms with Crippen LogP contribution in [0.25, 0.3) is 77.5 Å². The first-order valence-electron chi connectivity index (χ1n) is 18.4. The van der Waals surface area contributed by atoms with E-state index in [0.29, 0.717) is 5.89 Å². The minimum Gasteiger partial charge on any atom is -0.456 e. The molecule has 0 fully saturated rings. The molecule has 0 aliphatic heterocycles. The third-order valence-corrected chi connectivity index (χ3v) is 11.3. The van der Waals surface area contributed by atoms with Crippen molar-refractivity contribution in [2.45, 2.75) is 19.3 Å². The maximum absolute atomic E-state index is 6.64. The Morgan fingerprint density at radius 1 is 0.463 bits per heavy atom. The lowest BCUT2D eigenvalue weighted by Crippen LogP contribution is -2.16. The SMILES string of the molecule is CC1(C)c2ccccc2-c2ccc(N(c3ccc4ccc(-c5ccccc5)cc4c3)c3ccc4c(c3)oc3cccc(-c5nc6ccccc6o5)c34)cc21. The Morgan fingerprint density at radius 2 is 1.17 bits per heavy atom. The Balaban J connectivity index is 1.10. The molecule has 4 nitrogen and oxygen atoms in total. The van der Waals surface area contributed by atoms with Crippen LogP contribution in [0.3, 0.4) is 0 Å². The molecular weight excluding hydrogens is 661 g/mol. The van der Waals surface area contributed by atoms with Gasteiger partial charge in [-0.3, -0.25) is 0 Å². The summed E-state index contributed by atoms with van der Waals surface area (Å²) < 4.78 is 12.9. The predicted octanol–water partition coefficient (Wildman–Crippen LogP) is 14.0. The van der Waals surface area contributed by atoms with E-state index >= 15 is 0 Å². The number of hydrogen-bond acceptors (Lipinski definition) is 4. The van der Waals surface area contributed by atoms with Crippen molar-refractivity contribution in [3.8, 4) is 33.7 Å². The van der Waals surface area contributed by atoms with Crippen molar-refractivity contribution in [3.63, 3.8) is 0 Å². The van der Waals surface area contributed by atoms with E-state index in [-0.39, 0.29) is 5.41 Å². The van der Waals surface area contributed by atoms with Gasteiger partial charge in [0.1, 0.15) is 16.7 Å². The Bertz CT molecular complexity index is 3060. The van der Waals surface area contributed by atoms with E-state index in [1.807, 2.05) is 36.4 Å². The molecule has 1 aliphatic rings. The summed E-state index contributed by atoms with van der Waals surface area (Å²) in [6, 6.07) is 60.3. The van der Waals surface area contributed by atoms with E-state index in [9.17, 15) is 0 Å². The van der Waals surface area contributed by atoms with Gasteiger partial charge < -0.3 is 13.7 Å². The number of anilines is 3. The van der Waals surface area contributed by atoms with Crippen molar-refractivity contribution < 1.29 is 8.83 Å². The van der Waals surface area contributed by atoms with Crippen molar-refractivity contribution in [1.29, 1.82) is 0 Å². The number of oxazole rings is 1. The largest absolute Gasteiger partial charge is 0.456 e. The molecule has 11 rings (SSSR count). The second kappa shape index (κ2) is 11.5. The van der Waals surface area contributed by atoms with Gasteiger partial charge in [-0.1, -0.05) is 111 Å². The van der Waals surface area contributed by atoms with Crippen LogP contribution in [0.4, 0.5) is 17.1 Å². The highest BCUT2D eigenvalue weighted by atomic mass is 16.3. The van der Waals surface area contributed by atoms with E-state index in [1.165, 1.54) is 44.2 Å². The molecule has 0 saturated heterocycles. The molecular formula is C50H34N2O2. The third kappa shape index (κ3) is 4.66. The number of rotatable bonds is 5. The zero-order chi connectivity index (χ0) is 36.0. The first-order chi connectivity index (χ1) is 26.5. The number of para-hydroxylation sites is 2. The van der Waals surface area contributed by atoms with Crippen LogP contribution in [0, 0.1) is 0 Å². The zero-order valence-corrected chi connectivity index (χ0v) is 29.9. The average molecular weight is 695 g/mol. The second-order valence-corrected chi connectivity index (χ2v) is 14.8. The molecule has 10 aromatic rings. The molecule has 0 N–H and O–H groups in total. The van der Waals surface area contributed by atoms with Crippen molar-refractivity contribution in [2.75, 3.05) is 4.90 Å². The minimum absolute atomic E-state index is 0.134. The molecule has 1 aliphatic carbocycles. The van der Waals surface area contributed by atoms with Gasteiger partial charge in [0.05, 0.1) is 0 Å². The van der Waals surface area contributed by atoms with Crippen LogP contribution in [0.1, 0.15) is 25.0 Å². The lowest BCUT2D eigenvalue weighted by Gasteiger charge is -2.28. The molecule has 0 unspecified atom stereocenters. The summed E-state index contributed by atoms with van der Waals surface area (Å²) in [4.78, 5) is 7.20. The average Bonchev–Trinajstić information content (AvgIpc) is 3.88. The molecule has 0 spiro atoms. The van der Waals surface area contributed by atoms with Crippen molar-refractivity contribution in [2.24, 2.45) is 0 Å². The first-order valence-corrected chi connectivity index (χ1v) is 18.4. The Morgan fingerprint density at radius 3 is 2.07 bits per heavy atom. The molecule has 0 radical (unpaired) electrons. The van der Waals surface area contributed by atoms with Gasteiger partial charge in [0.2, 0.25) is 5.89 Å². The molecule has 8 aromatic carbocycles. The Kier molecular flexibility index (Phi) is 6.56. The van der Waals surface area contributed by atoms with Crippen molar-refractivity contribution in [1.82, 2.24) is 4.98 Å². The zero-order valence-electron chi connectivity index (χ0n) is 29.9. The number of benzene rings is 8. The molecule has 0 bridgehead atoms. The van der Waals surface area contributed by atoms with E-state index in [0.717, 1.165) is 55.7 Å². The summed E-state index contributed by atoms with van der Waals surface area (Å²) in [5.74, 6) is 0.586. The highest BCUT2D eigenvalue weighted by molar-refractivity contribution is 6.12. The maximum atomic E-state index is 6.64. The van der Waals surface area contributed by atoms with Crippen molar-refractivity contribution >= 4 is 60.9 Å². The van der Waals surface area contributed by atoms with Crippen LogP contribution >= 0.6 is 0 Å². The fourth-order valence-electron chi connectivity index (χ4n) is 8.58. The van der Waals surface area contributed by atoms with Crippen LogP contribution in [-0.4, -0.2) is 4.98 Å². The normalized spacial score (nSPS) is 13.1. The summed E-state index contributed by atoms with van der Waals surface area (Å²) in [7, 11) is 0. The van der Waals surface area contributed by atoms with Crippen molar-refractivity contribution in [3.05, 3.63) is 181 Å². The van der Waals surface area contributed by atoms with Gasteiger partial charge in [0.15, 0.2) is 5.58 Å². The predicted molar refractivity (Wildman–Crippen MR) is 222 cm³/mol. The second-order valence-electron chi connectivity index (χ2n) is 14.8. The molecule has 2 heterocycles. The molecule has 54 heavy (non-hydrogen) atoms. The fourth-order valence-corrected chi connectivity index (χ4v) is 8.58. The van der Waals surface area contributed by atoms with Crippen LogP contribution < -0.4 is 4.90 Å². The van der Waals surface area contributed by atoms with Gasteiger partial charge in [0, 0.05) is 44.9 Å². The molecule has 256 valence electrons. The van der Waals surface area contributed by atoms with E-state index in [1.54, 1.807) is 0 Å². The molecule has 0 saturated carbocycles. The van der Waals surface area contributed by atoms with Crippen LogP contribution in [0.2, 0.25) is 0 Å². The van der Waals surface area contributed by atoms with Gasteiger partial charge in [-0.25, -0.2) is 4.98 Å². The van der Waals surface area contributed by atoms with Gasteiger partial charge in [-0.2, -0.15) is 0 Å². The van der Waals surface area contributed by atoms with Gasteiger partial charge in [0.25, 0.3) is 0 Å². The monoisotopic (exact) mass is 694 g/mol. The molecule has 0 atom stereocenters. The lowest BCUT2D eigenvalue weighted by molar-refractivity contribution is 0.620. The number of fused-ring (bicyclic) bond motifs is 8. The smallest absolute Gasteiger partial charge is 0.228 e. The molecule has 4 heteroatoms. The summed E-state index contributed by atoms with van der Waals surface area (Å²) in [6.45, 7) is 4.67. The minimum atomic E-state index is -0.134. The summed E-state index contributed by atoms with van der Waals surface area (Å²) in [5.41, 5.74) is 14.9. The van der Waals surface area contributed by atoms with E-state index in [2.05, 4.69) is 152 Å². The summed E-state index contributed by atoms with van der Waals surface area (Å²) >= 11 is 0. The van der Waals surface area contributed by atoms with Gasteiger partial charge in [-0.05, 0) is 111 Å². The Labute approximate surface area is 312 Å². The van der Waals surface area contributed by atoms with Crippen LogP contribution in [0.15, 0.2) is 179 Å². The van der Waals surface area contributed by atoms with E-state index in [4.69, 9.17) is 13.8 Å². The van der Waals surface area contributed by atoms with E-state index < -0.39 is 0 Å². The van der Waals surface area contributed by atoms with Gasteiger partial charge in [-0.15, -0.1) is 0 Å². The van der Waals surface area contributed by atoms with Crippen LogP contribution in [0.5, 0.6) is 0 Å². The fraction of sp³-hybridized carbons (Fsp3) is 0.0600. The topological polar surface area (TPSA) is 42.4 Å². The maximum Gasteiger partial charge on any atom is 0.228 e. The highest BCUT2D eigenvalue weighted by Gasteiger charge is 2.35. The number of hydrogen-bond donors (Lipinski definition) is 0. The standard InChI is InChI=1S/C50H34N2O2/c1-50(2)42-15-7-6-13-38(42)39-25-23-36(29-43(39)50)52(35-22-21-32-19-20-33(27-34(32)28-35)31-11-4-3-5-12-31)37-24-26-40-47(30-37)53-46-18-10-14-41(48(40)46)49-51-44-16-8-9-17-45(44)54-49/h3-30H,1-2H3. The third-order valence-electron chi connectivity index (χ3n) is 11.3. The quantitative estimate of drug-likeness (QED) is 0.180. The lowest BCUT2D eigenvalue weighted by atomic mass is 9.82. The van der Waals surface area contributed by atoms with Crippen LogP contribution in [-0.2, 0) is 5.41 Å². The molecule has 0 amide bonds. The number of aromatic nitrogens is 1. The summed E-state index contributed by atoms with van der Waals surface area (Å²) in [5, 5.41) is 4.39. The molecule has 2 aromatic heterocycles. The summed E-state index contributed by atoms with van der Waals surface area (Å²) in [6.07, 6.45) is 0.